The first kappa shape index (κ1) is 19.6. The number of rotatable bonds is 4. The SMILES string of the molecule is CN1C(C)(C)CC(Nc2nc(Nc3ccc4cn[nH]c4c3)ncc2F)CC1(C)C. The molecule has 0 saturated carbocycles. The molecule has 1 fully saturated rings. The number of fused-ring (bicyclic) bond motifs is 1. The first-order valence-electron chi connectivity index (χ1n) is 9.87. The van der Waals surface area contributed by atoms with Gasteiger partial charge in [0.15, 0.2) is 11.6 Å². The van der Waals surface area contributed by atoms with E-state index in [1.807, 2.05) is 18.2 Å². The van der Waals surface area contributed by atoms with Crippen LogP contribution >= 0.6 is 0 Å². The Hall–Kier alpha value is -2.74. The van der Waals surface area contributed by atoms with E-state index >= 15 is 0 Å². The quantitative estimate of drug-likeness (QED) is 0.609. The highest BCUT2D eigenvalue weighted by Crippen LogP contribution is 2.38. The Kier molecular flexibility index (Phi) is 4.69. The molecule has 8 heteroatoms. The smallest absolute Gasteiger partial charge is 0.229 e. The predicted molar refractivity (Wildman–Crippen MR) is 114 cm³/mol. The summed E-state index contributed by atoms with van der Waals surface area (Å²) in [6.07, 6.45) is 4.77. The van der Waals surface area contributed by atoms with E-state index in [1.54, 1.807) is 6.20 Å². The molecule has 0 radical (unpaired) electrons. The third-order valence-electron chi connectivity index (χ3n) is 6.09. The number of aromatic amines is 1. The van der Waals surface area contributed by atoms with Gasteiger partial charge in [-0.2, -0.15) is 10.1 Å². The van der Waals surface area contributed by atoms with Crippen LogP contribution in [0.4, 0.5) is 21.8 Å². The monoisotopic (exact) mass is 397 g/mol. The molecule has 3 heterocycles. The van der Waals surface area contributed by atoms with Crippen molar-refractivity contribution < 1.29 is 4.39 Å². The zero-order valence-electron chi connectivity index (χ0n) is 17.5. The van der Waals surface area contributed by atoms with Crippen molar-refractivity contribution in [2.24, 2.45) is 0 Å². The number of anilines is 3. The molecule has 3 N–H and O–H groups in total. The van der Waals surface area contributed by atoms with Crippen molar-refractivity contribution in [3.63, 3.8) is 0 Å². The molecule has 0 amide bonds. The van der Waals surface area contributed by atoms with Crippen LogP contribution in [0.1, 0.15) is 40.5 Å². The molecule has 0 spiro atoms. The number of nitrogens with zero attached hydrogens (tertiary/aromatic N) is 4. The maximum absolute atomic E-state index is 14.5. The predicted octanol–water partition coefficient (Wildman–Crippen LogP) is 4.30. The molecule has 1 aliphatic heterocycles. The number of benzene rings is 1. The van der Waals surface area contributed by atoms with Crippen molar-refractivity contribution in [1.29, 1.82) is 0 Å². The fraction of sp³-hybridized carbons (Fsp3) is 0.476. The lowest BCUT2D eigenvalue weighted by Crippen LogP contribution is -2.61. The molecular weight excluding hydrogens is 369 g/mol. The maximum Gasteiger partial charge on any atom is 0.229 e. The summed E-state index contributed by atoms with van der Waals surface area (Å²) in [5.41, 5.74) is 1.72. The van der Waals surface area contributed by atoms with E-state index in [0.717, 1.165) is 29.4 Å². The molecule has 4 rings (SSSR count). The summed E-state index contributed by atoms with van der Waals surface area (Å²) in [5, 5.41) is 14.4. The lowest BCUT2D eigenvalue weighted by Gasteiger charge is -2.53. The van der Waals surface area contributed by atoms with Crippen LogP contribution in [0.25, 0.3) is 10.9 Å². The number of aromatic nitrogens is 4. The van der Waals surface area contributed by atoms with E-state index in [9.17, 15) is 4.39 Å². The van der Waals surface area contributed by atoms with Gasteiger partial charge in [-0.1, -0.05) is 0 Å². The first-order valence-corrected chi connectivity index (χ1v) is 9.87. The summed E-state index contributed by atoms with van der Waals surface area (Å²) in [7, 11) is 2.15. The van der Waals surface area contributed by atoms with E-state index < -0.39 is 5.82 Å². The van der Waals surface area contributed by atoms with Gasteiger partial charge in [0.2, 0.25) is 5.95 Å². The number of hydrogen-bond acceptors (Lipinski definition) is 6. The number of likely N-dealkylation sites (tertiary alicyclic amines) is 1. The van der Waals surface area contributed by atoms with Crippen LogP contribution in [0, 0.1) is 5.82 Å². The van der Waals surface area contributed by atoms with Crippen LogP contribution in [0.2, 0.25) is 0 Å². The van der Waals surface area contributed by atoms with Crippen molar-refractivity contribution in [3.8, 4) is 0 Å². The van der Waals surface area contributed by atoms with Crippen LogP contribution in [0.5, 0.6) is 0 Å². The van der Waals surface area contributed by atoms with Gasteiger partial charge in [0.25, 0.3) is 0 Å². The number of nitrogens with one attached hydrogen (secondary N) is 3. The van der Waals surface area contributed by atoms with Gasteiger partial charge in [-0.15, -0.1) is 0 Å². The summed E-state index contributed by atoms with van der Waals surface area (Å²) in [5.74, 6) is 0.125. The second-order valence-electron chi connectivity index (χ2n) is 9.12. The van der Waals surface area contributed by atoms with Gasteiger partial charge in [-0.25, -0.2) is 9.37 Å². The summed E-state index contributed by atoms with van der Waals surface area (Å²) >= 11 is 0. The van der Waals surface area contributed by atoms with Gasteiger partial charge in [-0.3, -0.25) is 10.00 Å². The average Bonchev–Trinajstić information content (AvgIpc) is 3.10. The average molecular weight is 398 g/mol. The van der Waals surface area contributed by atoms with E-state index in [-0.39, 0.29) is 22.9 Å². The van der Waals surface area contributed by atoms with Crippen LogP contribution in [0.3, 0.4) is 0 Å². The van der Waals surface area contributed by atoms with Crippen molar-refractivity contribution in [2.75, 3.05) is 17.7 Å². The standard InChI is InChI=1S/C21H28FN7/c1-20(2)9-15(10-21(3,4)29(20)5)25-18-16(22)12-23-19(27-18)26-14-7-6-13-11-24-28-17(13)8-14/h6-8,11-12,15H,9-10H2,1-5H3,(H,24,28)(H2,23,25,26,27). The van der Waals surface area contributed by atoms with Crippen molar-refractivity contribution in [2.45, 2.75) is 57.7 Å². The second kappa shape index (κ2) is 6.95. The van der Waals surface area contributed by atoms with Crippen LogP contribution < -0.4 is 10.6 Å². The molecule has 154 valence electrons. The third-order valence-corrected chi connectivity index (χ3v) is 6.09. The van der Waals surface area contributed by atoms with Gasteiger partial charge in [0.1, 0.15) is 0 Å². The van der Waals surface area contributed by atoms with E-state index in [4.69, 9.17) is 0 Å². The number of piperidine rings is 1. The highest BCUT2D eigenvalue weighted by molar-refractivity contribution is 5.82. The van der Waals surface area contributed by atoms with Crippen molar-refractivity contribution >= 4 is 28.4 Å². The van der Waals surface area contributed by atoms with E-state index in [0.29, 0.717) is 5.95 Å². The largest absolute Gasteiger partial charge is 0.365 e. The minimum absolute atomic E-state index is 0.00346. The van der Waals surface area contributed by atoms with Gasteiger partial charge >= 0.3 is 0 Å². The molecule has 0 aliphatic carbocycles. The Morgan fingerprint density at radius 1 is 1.14 bits per heavy atom. The van der Waals surface area contributed by atoms with Gasteiger partial charge < -0.3 is 10.6 Å². The fourth-order valence-corrected chi connectivity index (χ4v) is 4.34. The normalized spacial score (nSPS) is 19.4. The molecule has 0 unspecified atom stereocenters. The van der Waals surface area contributed by atoms with Gasteiger partial charge in [0, 0.05) is 28.2 Å². The highest BCUT2D eigenvalue weighted by Gasteiger charge is 2.43. The molecule has 3 aromatic rings. The summed E-state index contributed by atoms with van der Waals surface area (Å²) in [6, 6.07) is 5.91. The second-order valence-corrected chi connectivity index (χ2v) is 9.12. The number of hydrogen-bond donors (Lipinski definition) is 3. The molecular formula is C21H28FN7. The Morgan fingerprint density at radius 3 is 2.59 bits per heavy atom. The molecule has 29 heavy (non-hydrogen) atoms. The lowest BCUT2D eigenvalue weighted by molar-refractivity contribution is -0.00778. The zero-order chi connectivity index (χ0) is 20.8. The van der Waals surface area contributed by atoms with Crippen molar-refractivity contribution in [3.05, 3.63) is 36.4 Å². The van der Waals surface area contributed by atoms with Crippen LogP contribution in [-0.4, -0.2) is 49.2 Å². The summed E-state index contributed by atoms with van der Waals surface area (Å²) in [4.78, 5) is 10.9. The molecule has 1 saturated heterocycles. The lowest BCUT2D eigenvalue weighted by atomic mass is 9.77. The molecule has 7 nitrogen and oxygen atoms in total. The Labute approximate surface area is 170 Å². The Balaban J connectivity index is 1.54. The highest BCUT2D eigenvalue weighted by atomic mass is 19.1. The molecule has 1 aliphatic rings. The number of H-pyrrole nitrogens is 1. The minimum Gasteiger partial charge on any atom is -0.365 e. The Bertz CT molecular complexity index is 1010. The fourth-order valence-electron chi connectivity index (χ4n) is 4.34. The number of halogens is 1. The Morgan fingerprint density at radius 2 is 1.86 bits per heavy atom. The molecule has 2 aromatic heterocycles. The van der Waals surface area contributed by atoms with Crippen LogP contribution in [0.15, 0.2) is 30.6 Å². The van der Waals surface area contributed by atoms with Gasteiger partial charge in [0.05, 0.1) is 17.9 Å². The zero-order valence-corrected chi connectivity index (χ0v) is 17.5. The minimum atomic E-state index is -0.450. The molecule has 0 atom stereocenters. The first-order chi connectivity index (χ1) is 13.6. The summed E-state index contributed by atoms with van der Waals surface area (Å²) in [6.45, 7) is 8.88. The van der Waals surface area contributed by atoms with Crippen LogP contribution in [-0.2, 0) is 0 Å². The van der Waals surface area contributed by atoms with Crippen molar-refractivity contribution in [1.82, 2.24) is 25.1 Å². The van der Waals surface area contributed by atoms with E-state index in [1.165, 1.54) is 6.20 Å². The topological polar surface area (TPSA) is 81.8 Å². The summed E-state index contributed by atoms with van der Waals surface area (Å²) < 4.78 is 14.5. The van der Waals surface area contributed by atoms with Gasteiger partial charge in [-0.05, 0) is 65.8 Å². The maximum atomic E-state index is 14.5. The van der Waals surface area contributed by atoms with E-state index in [2.05, 4.69) is 70.4 Å². The molecule has 0 bridgehead atoms. The molecule has 1 aromatic carbocycles. The third kappa shape index (κ3) is 3.89.